The number of nitrogens with one attached hydrogen (secondary N) is 2. The van der Waals surface area contributed by atoms with Gasteiger partial charge in [-0.3, -0.25) is 4.79 Å². The van der Waals surface area contributed by atoms with Crippen LogP contribution in [0.15, 0.2) is 36.7 Å². The summed E-state index contributed by atoms with van der Waals surface area (Å²) in [6.45, 7) is 11.4. The predicted molar refractivity (Wildman–Crippen MR) is 98.5 cm³/mol. The molecule has 1 aromatic carbocycles. The molecule has 0 aliphatic carbocycles. The summed E-state index contributed by atoms with van der Waals surface area (Å²) in [4.78, 5) is 20.9. The van der Waals surface area contributed by atoms with Crippen LogP contribution in [0.1, 0.15) is 50.5 Å². The topological polar surface area (TPSA) is 66.9 Å². The molecule has 1 heterocycles. The van der Waals surface area contributed by atoms with Crippen molar-refractivity contribution in [2.24, 2.45) is 5.92 Å². The normalized spacial score (nSPS) is 11.4. The van der Waals surface area contributed by atoms with Crippen molar-refractivity contribution in [3.8, 4) is 0 Å². The number of rotatable bonds is 5. The highest BCUT2D eigenvalue weighted by molar-refractivity contribution is 6.04. The Balaban J connectivity index is 2.11. The molecule has 0 bridgehead atoms. The Bertz CT molecular complexity index is 687. The van der Waals surface area contributed by atoms with Crippen molar-refractivity contribution >= 4 is 17.5 Å². The maximum absolute atomic E-state index is 12.5. The van der Waals surface area contributed by atoms with Gasteiger partial charge >= 0.3 is 0 Å². The molecule has 0 saturated heterocycles. The fraction of sp³-hybridized carbons (Fsp3) is 0.421. The van der Waals surface area contributed by atoms with E-state index in [4.69, 9.17) is 0 Å². The molecule has 0 radical (unpaired) electrons. The zero-order valence-electron chi connectivity index (χ0n) is 15.1. The van der Waals surface area contributed by atoms with Crippen LogP contribution in [0.5, 0.6) is 0 Å². The molecule has 0 saturated carbocycles. The lowest BCUT2D eigenvalue weighted by atomic mass is 9.86. The Kier molecular flexibility index (Phi) is 5.54. The van der Waals surface area contributed by atoms with E-state index in [1.165, 1.54) is 0 Å². The number of hydrogen-bond acceptors (Lipinski definition) is 4. The number of carbonyl (C=O) groups is 1. The van der Waals surface area contributed by atoms with Crippen LogP contribution < -0.4 is 10.6 Å². The Morgan fingerprint density at radius 1 is 1.12 bits per heavy atom. The molecular formula is C19H26N4O. The zero-order chi connectivity index (χ0) is 17.7. The standard InChI is InChI=1S/C19H26N4O/c1-13(2)10-20-18-21-11-14(12-22-18)17(24)23-16-9-7-6-8-15(16)19(3,4)5/h6-9,11-13H,10H2,1-5H3,(H,23,24)(H,20,21,22). The summed E-state index contributed by atoms with van der Waals surface area (Å²) in [5, 5.41) is 6.10. The highest BCUT2D eigenvalue weighted by Gasteiger charge is 2.19. The summed E-state index contributed by atoms with van der Waals surface area (Å²) in [5.74, 6) is 0.836. The maximum atomic E-state index is 12.5. The van der Waals surface area contributed by atoms with E-state index in [-0.39, 0.29) is 11.3 Å². The highest BCUT2D eigenvalue weighted by atomic mass is 16.1. The number of anilines is 2. The first-order chi connectivity index (χ1) is 11.3. The van der Waals surface area contributed by atoms with Crippen LogP contribution in [0.2, 0.25) is 0 Å². The molecule has 5 heteroatoms. The van der Waals surface area contributed by atoms with Crippen LogP contribution in [0.4, 0.5) is 11.6 Å². The quantitative estimate of drug-likeness (QED) is 0.868. The molecule has 0 spiro atoms. The second kappa shape index (κ2) is 7.43. The number of amides is 1. The second-order valence-corrected chi connectivity index (χ2v) is 7.32. The maximum Gasteiger partial charge on any atom is 0.258 e. The third kappa shape index (κ3) is 4.78. The van der Waals surface area contributed by atoms with Gasteiger partial charge in [0, 0.05) is 24.6 Å². The van der Waals surface area contributed by atoms with E-state index in [1.807, 2.05) is 24.3 Å². The van der Waals surface area contributed by atoms with Gasteiger partial charge in [-0.25, -0.2) is 9.97 Å². The summed E-state index contributed by atoms with van der Waals surface area (Å²) >= 11 is 0. The van der Waals surface area contributed by atoms with E-state index in [1.54, 1.807) is 12.4 Å². The molecule has 0 atom stereocenters. The van der Waals surface area contributed by atoms with Crippen molar-refractivity contribution in [2.45, 2.75) is 40.0 Å². The lowest BCUT2D eigenvalue weighted by molar-refractivity contribution is 0.102. The van der Waals surface area contributed by atoms with Crippen LogP contribution in [0.25, 0.3) is 0 Å². The first-order valence-corrected chi connectivity index (χ1v) is 8.24. The SMILES string of the molecule is CC(C)CNc1ncc(C(=O)Nc2ccccc2C(C)(C)C)cn1. The summed E-state index contributed by atoms with van der Waals surface area (Å²) in [7, 11) is 0. The lowest BCUT2D eigenvalue weighted by Gasteiger charge is -2.23. The minimum Gasteiger partial charge on any atom is -0.354 e. The van der Waals surface area contributed by atoms with Gasteiger partial charge in [0.1, 0.15) is 0 Å². The van der Waals surface area contributed by atoms with E-state index in [0.717, 1.165) is 17.8 Å². The van der Waals surface area contributed by atoms with Crippen molar-refractivity contribution in [3.63, 3.8) is 0 Å². The molecule has 128 valence electrons. The molecule has 1 aromatic heterocycles. The van der Waals surface area contributed by atoms with E-state index in [0.29, 0.717) is 17.4 Å². The van der Waals surface area contributed by atoms with Crippen LogP contribution >= 0.6 is 0 Å². The van der Waals surface area contributed by atoms with Gasteiger partial charge in [-0.05, 0) is 23.0 Å². The average Bonchev–Trinajstić information content (AvgIpc) is 2.53. The van der Waals surface area contributed by atoms with Crippen LogP contribution in [-0.4, -0.2) is 22.4 Å². The predicted octanol–water partition coefficient (Wildman–Crippen LogP) is 4.09. The van der Waals surface area contributed by atoms with E-state index in [9.17, 15) is 4.79 Å². The summed E-state index contributed by atoms with van der Waals surface area (Å²) in [6.07, 6.45) is 3.09. The monoisotopic (exact) mass is 326 g/mol. The van der Waals surface area contributed by atoms with Crippen molar-refractivity contribution in [2.75, 3.05) is 17.2 Å². The average molecular weight is 326 g/mol. The lowest BCUT2D eigenvalue weighted by Crippen LogP contribution is -2.19. The van der Waals surface area contributed by atoms with E-state index >= 15 is 0 Å². The molecule has 0 fully saturated rings. The van der Waals surface area contributed by atoms with Crippen molar-refractivity contribution in [1.29, 1.82) is 0 Å². The summed E-state index contributed by atoms with van der Waals surface area (Å²) in [6, 6.07) is 7.85. The van der Waals surface area contributed by atoms with Crippen molar-refractivity contribution in [1.82, 2.24) is 9.97 Å². The highest BCUT2D eigenvalue weighted by Crippen LogP contribution is 2.29. The third-order valence-electron chi connectivity index (χ3n) is 3.57. The molecule has 2 N–H and O–H groups in total. The zero-order valence-corrected chi connectivity index (χ0v) is 15.1. The molecule has 0 aliphatic rings. The minimum absolute atomic E-state index is 0.0506. The van der Waals surface area contributed by atoms with Gasteiger partial charge in [0.25, 0.3) is 5.91 Å². The Morgan fingerprint density at radius 2 is 1.75 bits per heavy atom. The fourth-order valence-electron chi connectivity index (χ4n) is 2.27. The second-order valence-electron chi connectivity index (χ2n) is 7.32. The number of hydrogen-bond donors (Lipinski definition) is 2. The molecule has 0 aliphatic heterocycles. The Labute approximate surface area is 143 Å². The molecule has 24 heavy (non-hydrogen) atoms. The Morgan fingerprint density at radius 3 is 2.33 bits per heavy atom. The summed E-state index contributed by atoms with van der Waals surface area (Å²) < 4.78 is 0. The molecule has 1 amide bonds. The van der Waals surface area contributed by atoms with Gasteiger partial charge in [0.05, 0.1) is 5.56 Å². The third-order valence-corrected chi connectivity index (χ3v) is 3.57. The van der Waals surface area contributed by atoms with Crippen molar-refractivity contribution < 1.29 is 4.79 Å². The van der Waals surface area contributed by atoms with Gasteiger partial charge < -0.3 is 10.6 Å². The van der Waals surface area contributed by atoms with Gasteiger partial charge in [-0.1, -0.05) is 52.8 Å². The van der Waals surface area contributed by atoms with E-state index in [2.05, 4.69) is 55.2 Å². The minimum atomic E-state index is -0.206. The molecule has 0 unspecified atom stereocenters. The van der Waals surface area contributed by atoms with Crippen molar-refractivity contribution in [3.05, 3.63) is 47.8 Å². The van der Waals surface area contributed by atoms with Crippen LogP contribution in [0.3, 0.4) is 0 Å². The molecule has 5 nitrogen and oxygen atoms in total. The first kappa shape index (κ1) is 17.9. The first-order valence-electron chi connectivity index (χ1n) is 8.24. The molecule has 2 rings (SSSR count). The largest absolute Gasteiger partial charge is 0.354 e. The number of carbonyl (C=O) groups excluding carboxylic acids is 1. The van der Waals surface area contributed by atoms with E-state index < -0.39 is 0 Å². The number of para-hydroxylation sites is 1. The van der Waals surface area contributed by atoms with Gasteiger partial charge in [-0.2, -0.15) is 0 Å². The smallest absolute Gasteiger partial charge is 0.258 e. The van der Waals surface area contributed by atoms with Gasteiger partial charge in [0.15, 0.2) is 0 Å². The van der Waals surface area contributed by atoms with Gasteiger partial charge in [0.2, 0.25) is 5.95 Å². The molecular weight excluding hydrogens is 300 g/mol. The molecule has 2 aromatic rings. The fourth-order valence-corrected chi connectivity index (χ4v) is 2.27. The van der Waals surface area contributed by atoms with Crippen LogP contribution in [0, 0.1) is 5.92 Å². The van der Waals surface area contributed by atoms with Gasteiger partial charge in [-0.15, -0.1) is 0 Å². The number of aromatic nitrogens is 2. The summed E-state index contributed by atoms with van der Waals surface area (Å²) in [5.41, 5.74) is 2.30. The Hall–Kier alpha value is -2.43. The van der Waals surface area contributed by atoms with Crippen LogP contribution in [-0.2, 0) is 5.41 Å². The number of benzene rings is 1. The number of nitrogens with zero attached hydrogens (tertiary/aromatic N) is 2.